The molecule has 0 radical (unpaired) electrons. The van der Waals surface area contributed by atoms with Crippen molar-refractivity contribution in [1.82, 2.24) is 10.2 Å². The molecule has 21 heavy (non-hydrogen) atoms. The number of hydrogen-bond donors (Lipinski definition) is 2. The van der Waals surface area contributed by atoms with Gasteiger partial charge < -0.3 is 15.3 Å². The monoisotopic (exact) mass is 284 g/mol. The molecule has 3 rings (SSSR count). The Morgan fingerprint density at radius 1 is 1.14 bits per heavy atom. The van der Waals surface area contributed by atoms with Crippen molar-refractivity contribution in [3.05, 3.63) is 42.0 Å². The Kier molecular flexibility index (Phi) is 4.42. The van der Waals surface area contributed by atoms with E-state index in [1.54, 1.807) is 0 Å². The third kappa shape index (κ3) is 3.36. The number of fused-ring (bicyclic) bond motifs is 1. The molecule has 0 saturated carbocycles. The predicted molar refractivity (Wildman–Crippen MR) is 87.5 cm³/mol. The van der Waals surface area contributed by atoms with Gasteiger partial charge in [-0.15, -0.1) is 0 Å². The summed E-state index contributed by atoms with van der Waals surface area (Å²) in [6.07, 6.45) is 2.51. The molecule has 0 unspecified atom stereocenters. The molecule has 0 atom stereocenters. The zero-order valence-electron chi connectivity index (χ0n) is 12.7. The van der Waals surface area contributed by atoms with Crippen LogP contribution in [0.25, 0.3) is 10.8 Å². The summed E-state index contributed by atoms with van der Waals surface area (Å²) in [5, 5.41) is 16.0. The molecule has 2 aromatic rings. The first-order chi connectivity index (χ1) is 10.2. The van der Waals surface area contributed by atoms with Crippen LogP contribution in [0, 0.1) is 5.92 Å². The number of nitrogens with one attached hydrogen (secondary N) is 1. The molecule has 3 heteroatoms. The van der Waals surface area contributed by atoms with Crippen LogP contribution in [0.5, 0.6) is 5.75 Å². The molecule has 112 valence electrons. The van der Waals surface area contributed by atoms with Crippen LogP contribution in [-0.4, -0.2) is 36.7 Å². The molecule has 0 amide bonds. The Balaban J connectivity index is 1.75. The summed E-state index contributed by atoms with van der Waals surface area (Å²) in [4.78, 5) is 2.34. The second-order valence-electron chi connectivity index (χ2n) is 6.17. The summed E-state index contributed by atoms with van der Waals surface area (Å²) < 4.78 is 0. The Labute approximate surface area is 126 Å². The van der Waals surface area contributed by atoms with Crippen LogP contribution in [-0.2, 0) is 6.54 Å². The van der Waals surface area contributed by atoms with Crippen LogP contribution >= 0.6 is 0 Å². The average molecular weight is 284 g/mol. The Hall–Kier alpha value is -1.58. The van der Waals surface area contributed by atoms with Gasteiger partial charge in [0.2, 0.25) is 0 Å². The zero-order chi connectivity index (χ0) is 14.7. The second kappa shape index (κ2) is 6.46. The van der Waals surface area contributed by atoms with Gasteiger partial charge in [-0.3, -0.25) is 0 Å². The van der Waals surface area contributed by atoms with E-state index in [1.807, 2.05) is 24.3 Å². The van der Waals surface area contributed by atoms with E-state index in [4.69, 9.17) is 0 Å². The molecule has 2 N–H and O–H groups in total. The minimum Gasteiger partial charge on any atom is -0.508 e. The molecular weight excluding hydrogens is 260 g/mol. The van der Waals surface area contributed by atoms with Gasteiger partial charge in [0.15, 0.2) is 0 Å². The SMILES string of the molecule is CN(Cc1c(O)ccc2ccccc12)CC1CCNCC1. The molecule has 0 aromatic heterocycles. The fourth-order valence-corrected chi connectivity index (χ4v) is 3.33. The molecule has 1 saturated heterocycles. The summed E-state index contributed by atoms with van der Waals surface area (Å²) in [5.41, 5.74) is 1.05. The average Bonchev–Trinajstić information content (AvgIpc) is 2.51. The standard InChI is InChI=1S/C18H24N2O/c1-20(12-14-8-10-19-11-9-14)13-17-16-5-3-2-4-15(16)6-7-18(17)21/h2-7,14,19,21H,8-13H2,1H3. The van der Waals surface area contributed by atoms with Crippen LogP contribution in [0.1, 0.15) is 18.4 Å². The lowest BCUT2D eigenvalue weighted by atomic mass is 9.97. The van der Waals surface area contributed by atoms with Crippen LogP contribution in [0.4, 0.5) is 0 Å². The Bertz CT molecular complexity index is 605. The lowest BCUT2D eigenvalue weighted by Crippen LogP contribution is -2.34. The van der Waals surface area contributed by atoms with Crippen LogP contribution < -0.4 is 5.32 Å². The van der Waals surface area contributed by atoms with Gasteiger partial charge in [-0.05, 0) is 55.7 Å². The lowest BCUT2D eigenvalue weighted by molar-refractivity contribution is 0.233. The molecule has 3 nitrogen and oxygen atoms in total. The topological polar surface area (TPSA) is 35.5 Å². The predicted octanol–water partition coefficient (Wildman–Crippen LogP) is 2.98. The highest BCUT2D eigenvalue weighted by atomic mass is 16.3. The van der Waals surface area contributed by atoms with Crippen molar-refractivity contribution in [3.63, 3.8) is 0 Å². The largest absolute Gasteiger partial charge is 0.508 e. The van der Waals surface area contributed by atoms with Crippen molar-refractivity contribution in [2.75, 3.05) is 26.7 Å². The van der Waals surface area contributed by atoms with Crippen molar-refractivity contribution in [2.24, 2.45) is 5.92 Å². The highest BCUT2D eigenvalue weighted by Gasteiger charge is 2.16. The maximum Gasteiger partial charge on any atom is 0.120 e. The first kappa shape index (κ1) is 14.4. The van der Waals surface area contributed by atoms with Gasteiger partial charge >= 0.3 is 0 Å². The minimum absolute atomic E-state index is 0.408. The summed E-state index contributed by atoms with van der Waals surface area (Å²) in [5.74, 6) is 1.18. The van der Waals surface area contributed by atoms with Crippen LogP contribution in [0.15, 0.2) is 36.4 Å². The smallest absolute Gasteiger partial charge is 0.120 e. The van der Waals surface area contributed by atoms with Crippen molar-refractivity contribution >= 4 is 10.8 Å². The molecular formula is C18H24N2O. The Morgan fingerprint density at radius 2 is 1.90 bits per heavy atom. The van der Waals surface area contributed by atoms with Crippen LogP contribution in [0.3, 0.4) is 0 Å². The highest BCUT2D eigenvalue weighted by Crippen LogP contribution is 2.28. The van der Waals surface area contributed by atoms with Crippen molar-refractivity contribution < 1.29 is 5.11 Å². The maximum absolute atomic E-state index is 10.2. The Morgan fingerprint density at radius 3 is 2.71 bits per heavy atom. The minimum atomic E-state index is 0.408. The third-order valence-electron chi connectivity index (χ3n) is 4.47. The number of aromatic hydroxyl groups is 1. The van der Waals surface area contributed by atoms with E-state index in [2.05, 4.69) is 29.4 Å². The van der Waals surface area contributed by atoms with Gasteiger partial charge in [-0.2, -0.15) is 0 Å². The van der Waals surface area contributed by atoms with Gasteiger partial charge in [0, 0.05) is 18.7 Å². The quantitative estimate of drug-likeness (QED) is 0.906. The van der Waals surface area contributed by atoms with Gasteiger partial charge in [-0.1, -0.05) is 30.3 Å². The number of nitrogens with zero attached hydrogens (tertiary/aromatic N) is 1. The fourth-order valence-electron chi connectivity index (χ4n) is 3.33. The normalized spacial score (nSPS) is 16.7. The summed E-state index contributed by atoms with van der Waals surface area (Å²) in [6, 6.07) is 12.1. The molecule has 0 spiro atoms. The van der Waals surface area contributed by atoms with Gasteiger partial charge in [0.25, 0.3) is 0 Å². The van der Waals surface area contributed by atoms with Gasteiger partial charge in [0.05, 0.1) is 0 Å². The lowest BCUT2D eigenvalue weighted by Gasteiger charge is -2.28. The highest BCUT2D eigenvalue weighted by molar-refractivity contribution is 5.87. The number of benzene rings is 2. The van der Waals surface area contributed by atoms with E-state index >= 15 is 0 Å². The number of phenolic OH excluding ortho intramolecular Hbond substituents is 1. The number of piperidine rings is 1. The molecule has 0 aliphatic carbocycles. The van der Waals surface area contributed by atoms with E-state index in [0.717, 1.165) is 43.0 Å². The summed E-state index contributed by atoms with van der Waals surface area (Å²) in [6.45, 7) is 4.18. The number of hydrogen-bond acceptors (Lipinski definition) is 3. The van der Waals surface area contributed by atoms with Crippen molar-refractivity contribution in [2.45, 2.75) is 19.4 Å². The summed E-state index contributed by atoms with van der Waals surface area (Å²) >= 11 is 0. The number of rotatable bonds is 4. The van der Waals surface area contributed by atoms with E-state index in [0.29, 0.717) is 5.75 Å². The van der Waals surface area contributed by atoms with E-state index < -0.39 is 0 Å². The molecule has 1 aliphatic rings. The van der Waals surface area contributed by atoms with Crippen molar-refractivity contribution in [1.29, 1.82) is 0 Å². The van der Waals surface area contributed by atoms with E-state index in [1.165, 1.54) is 18.2 Å². The molecule has 1 heterocycles. The van der Waals surface area contributed by atoms with Gasteiger partial charge in [-0.25, -0.2) is 0 Å². The van der Waals surface area contributed by atoms with E-state index in [-0.39, 0.29) is 0 Å². The maximum atomic E-state index is 10.2. The van der Waals surface area contributed by atoms with Gasteiger partial charge in [0.1, 0.15) is 5.75 Å². The first-order valence-electron chi connectivity index (χ1n) is 7.83. The third-order valence-corrected chi connectivity index (χ3v) is 4.47. The van der Waals surface area contributed by atoms with Crippen molar-refractivity contribution in [3.8, 4) is 5.75 Å². The number of phenols is 1. The molecule has 1 aliphatic heterocycles. The molecule has 2 aromatic carbocycles. The fraction of sp³-hybridized carbons (Fsp3) is 0.444. The molecule has 0 bridgehead atoms. The van der Waals surface area contributed by atoms with E-state index in [9.17, 15) is 5.11 Å². The second-order valence-corrected chi connectivity index (χ2v) is 6.17. The van der Waals surface area contributed by atoms with Crippen LogP contribution in [0.2, 0.25) is 0 Å². The molecule has 1 fully saturated rings. The summed E-state index contributed by atoms with van der Waals surface area (Å²) in [7, 11) is 2.16. The zero-order valence-corrected chi connectivity index (χ0v) is 12.7. The first-order valence-corrected chi connectivity index (χ1v) is 7.83.